The van der Waals surface area contributed by atoms with E-state index in [1.165, 1.54) is 23.4 Å². The van der Waals surface area contributed by atoms with E-state index in [1.54, 1.807) is 17.0 Å². The van der Waals surface area contributed by atoms with Crippen LogP contribution in [0.25, 0.3) is 5.69 Å². The number of hydrogen-bond acceptors (Lipinski definition) is 4. The first-order chi connectivity index (χ1) is 15.7. The number of rotatable bonds is 5. The lowest BCUT2D eigenvalue weighted by Crippen LogP contribution is -2.50. The van der Waals surface area contributed by atoms with Crippen LogP contribution in [-0.4, -0.2) is 60.1 Å². The van der Waals surface area contributed by atoms with E-state index < -0.39 is 10.0 Å². The molecule has 0 unspecified atom stereocenters. The summed E-state index contributed by atoms with van der Waals surface area (Å²) in [5.74, 6) is -0.281. The SMILES string of the molecule is CC(=O)c1cccc(S(=O)(=O)N2CCN(C(=O)c3cc(C)n(-c4ccccc4)c3C)CC2)c1. The molecule has 0 bridgehead atoms. The third-order valence-electron chi connectivity index (χ3n) is 6.08. The predicted octanol–water partition coefficient (Wildman–Crippen LogP) is 3.44. The van der Waals surface area contributed by atoms with Crippen LogP contribution in [0, 0.1) is 13.8 Å². The first kappa shape index (κ1) is 22.9. The highest BCUT2D eigenvalue weighted by Crippen LogP contribution is 2.24. The van der Waals surface area contributed by atoms with E-state index in [4.69, 9.17) is 0 Å². The van der Waals surface area contributed by atoms with E-state index in [9.17, 15) is 18.0 Å². The Balaban J connectivity index is 1.50. The van der Waals surface area contributed by atoms with E-state index in [0.29, 0.717) is 24.2 Å². The number of Topliss-reactive ketones (excluding diaryl/α,β-unsaturated/α-hetero) is 1. The number of hydrogen-bond donors (Lipinski definition) is 0. The predicted molar refractivity (Wildman–Crippen MR) is 126 cm³/mol. The van der Waals surface area contributed by atoms with E-state index >= 15 is 0 Å². The number of benzene rings is 2. The zero-order chi connectivity index (χ0) is 23.8. The number of amides is 1. The lowest BCUT2D eigenvalue weighted by molar-refractivity contribution is 0.0697. The molecular weight excluding hydrogens is 438 g/mol. The molecule has 172 valence electrons. The number of ketones is 1. The number of nitrogens with zero attached hydrogens (tertiary/aromatic N) is 3. The number of aromatic nitrogens is 1. The van der Waals surface area contributed by atoms with Crippen LogP contribution < -0.4 is 0 Å². The fraction of sp³-hybridized carbons (Fsp3) is 0.280. The Labute approximate surface area is 194 Å². The van der Waals surface area contributed by atoms with Crippen LogP contribution >= 0.6 is 0 Å². The molecule has 0 saturated carbocycles. The minimum absolute atomic E-state index is 0.0964. The molecule has 2 heterocycles. The van der Waals surface area contributed by atoms with Gasteiger partial charge in [0.25, 0.3) is 5.91 Å². The first-order valence-electron chi connectivity index (χ1n) is 10.8. The molecular formula is C25H27N3O4S. The van der Waals surface area contributed by atoms with Gasteiger partial charge in [0.15, 0.2) is 5.78 Å². The molecule has 0 N–H and O–H groups in total. The summed E-state index contributed by atoms with van der Waals surface area (Å²) in [6.45, 7) is 6.32. The van der Waals surface area contributed by atoms with E-state index in [1.807, 2.05) is 50.2 Å². The third-order valence-corrected chi connectivity index (χ3v) is 7.97. The van der Waals surface area contributed by atoms with E-state index in [-0.39, 0.29) is 29.7 Å². The minimum atomic E-state index is -3.74. The Kier molecular flexibility index (Phi) is 6.23. The standard InChI is InChI=1S/C25H27N3O4S/c1-18-16-24(19(2)28(18)22-9-5-4-6-10-22)25(30)26-12-14-27(15-13-26)33(31,32)23-11-7-8-21(17-23)20(3)29/h4-11,16-17H,12-15H2,1-3H3. The quantitative estimate of drug-likeness (QED) is 0.541. The van der Waals surface area contributed by atoms with Crippen LogP contribution in [0.4, 0.5) is 0 Å². The van der Waals surface area contributed by atoms with Crippen molar-refractivity contribution in [1.29, 1.82) is 0 Å². The van der Waals surface area contributed by atoms with Crippen molar-refractivity contribution in [2.24, 2.45) is 0 Å². The molecule has 4 rings (SSSR count). The van der Waals surface area contributed by atoms with Gasteiger partial charge in [0.1, 0.15) is 0 Å². The Morgan fingerprint density at radius 3 is 2.15 bits per heavy atom. The molecule has 7 nitrogen and oxygen atoms in total. The van der Waals surface area contributed by atoms with Crippen molar-refractivity contribution in [3.8, 4) is 5.69 Å². The normalized spacial score (nSPS) is 14.9. The molecule has 8 heteroatoms. The van der Waals surface area contributed by atoms with Crippen LogP contribution in [0.5, 0.6) is 0 Å². The molecule has 0 spiro atoms. The highest BCUT2D eigenvalue weighted by Gasteiger charge is 2.31. The molecule has 2 aromatic carbocycles. The number of carbonyl (C=O) groups is 2. The van der Waals surface area contributed by atoms with Gasteiger partial charge in [0.2, 0.25) is 10.0 Å². The van der Waals surface area contributed by atoms with Gasteiger partial charge in [-0.15, -0.1) is 0 Å². The Morgan fingerprint density at radius 1 is 0.848 bits per heavy atom. The summed E-state index contributed by atoms with van der Waals surface area (Å²) < 4.78 is 29.6. The molecule has 1 aliphatic rings. The fourth-order valence-electron chi connectivity index (χ4n) is 4.28. The zero-order valence-corrected chi connectivity index (χ0v) is 19.8. The van der Waals surface area contributed by atoms with Gasteiger partial charge in [0, 0.05) is 48.8 Å². The van der Waals surface area contributed by atoms with Crippen LogP contribution in [0.1, 0.15) is 39.0 Å². The van der Waals surface area contributed by atoms with Gasteiger partial charge in [-0.25, -0.2) is 8.42 Å². The fourth-order valence-corrected chi connectivity index (χ4v) is 5.75. The van der Waals surface area contributed by atoms with Crippen molar-refractivity contribution < 1.29 is 18.0 Å². The summed E-state index contributed by atoms with van der Waals surface area (Å²) in [6, 6.07) is 17.8. The monoisotopic (exact) mass is 465 g/mol. The van der Waals surface area contributed by atoms with Gasteiger partial charge in [-0.3, -0.25) is 9.59 Å². The van der Waals surface area contributed by atoms with Crippen molar-refractivity contribution in [2.45, 2.75) is 25.7 Å². The summed E-state index contributed by atoms with van der Waals surface area (Å²) in [6.07, 6.45) is 0. The first-order valence-corrected chi connectivity index (χ1v) is 12.3. The summed E-state index contributed by atoms with van der Waals surface area (Å²) in [7, 11) is -3.74. The Hall–Kier alpha value is -3.23. The van der Waals surface area contributed by atoms with E-state index in [0.717, 1.165) is 17.1 Å². The number of sulfonamides is 1. The highest BCUT2D eigenvalue weighted by atomic mass is 32.2. The zero-order valence-electron chi connectivity index (χ0n) is 19.0. The molecule has 1 amide bonds. The second kappa shape index (κ2) is 8.96. The smallest absolute Gasteiger partial charge is 0.255 e. The van der Waals surface area contributed by atoms with Gasteiger partial charge >= 0.3 is 0 Å². The van der Waals surface area contributed by atoms with Gasteiger partial charge < -0.3 is 9.47 Å². The largest absolute Gasteiger partial charge is 0.336 e. The molecule has 1 aliphatic heterocycles. The second-order valence-corrected chi connectivity index (χ2v) is 10.2. The van der Waals surface area contributed by atoms with Crippen LogP contribution in [0.2, 0.25) is 0 Å². The average molecular weight is 466 g/mol. The summed E-state index contributed by atoms with van der Waals surface area (Å²) in [4.78, 5) is 26.7. The van der Waals surface area contributed by atoms with Crippen molar-refractivity contribution in [1.82, 2.24) is 13.8 Å². The van der Waals surface area contributed by atoms with Crippen molar-refractivity contribution in [3.63, 3.8) is 0 Å². The number of para-hydroxylation sites is 1. The highest BCUT2D eigenvalue weighted by molar-refractivity contribution is 7.89. The Morgan fingerprint density at radius 2 is 1.52 bits per heavy atom. The maximum absolute atomic E-state index is 13.3. The van der Waals surface area contributed by atoms with Crippen molar-refractivity contribution in [3.05, 3.63) is 83.2 Å². The molecule has 3 aromatic rings. The molecule has 33 heavy (non-hydrogen) atoms. The summed E-state index contributed by atoms with van der Waals surface area (Å²) >= 11 is 0. The summed E-state index contributed by atoms with van der Waals surface area (Å²) in [5.41, 5.74) is 3.81. The molecule has 1 fully saturated rings. The summed E-state index contributed by atoms with van der Waals surface area (Å²) in [5, 5.41) is 0. The molecule has 1 aromatic heterocycles. The second-order valence-electron chi connectivity index (χ2n) is 8.24. The van der Waals surface area contributed by atoms with Crippen LogP contribution in [-0.2, 0) is 10.0 Å². The van der Waals surface area contributed by atoms with Crippen molar-refractivity contribution >= 4 is 21.7 Å². The van der Waals surface area contributed by atoms with Crippen LogP contribution in [0.15, 0.2) is 65.6 Å². The van der Waals surface area contributed by atoms with E-state index in [2.05, 4.69) is 4.57 Å². The molecule has 0 aliphatic carbocycles. The van der Waals surface area contributed by atoms with Crippen LogP contribution in [0.3, 0.4) is 0 Å². The minimum Gasteiger partial charge on any atom is -0.336 e. The number of carbonyl (C=O) groups excluding carboxylic acids is 2. The van der Waals surface area contributed by atoms with Gasteiger partial charge in [-0.1, -0.05) is 30.3 Å². The molecule has 0 atom stereocenters. The van der Waals surface area contributed by atoms with Crippen molar-refractivity contribution in [2.75, 3.05) is 26.2 Å². The third kappa shape index (κ3) is 4.36. The number of piperazine rings is 1. The van der Waals surface area contributed by atoms with Gasteiger partial charge in [-0.05, 0) is 51.1 Å². The maximum Gasteiger partial charge on any atom is 0.255 e. The number of aryl methyl sites for hydroxylation is 1. The van der Waals surface area contributed by atoms with Gasteiger partial charge in [-0.2, -0.15) is 4.31 Å². The lowest BCUT2D eigenvalue weighted by Gasteiger charge is -2.34. The molecule has 1 saturated heterocycles. The van der Waals surface area contributed by atoms with Gasteiger partial charge in [0.05, 0.1) is 10.5 Å². The molecule has 0 radical (unpaired) electrons. The lowest BCUT2D eigenvalue weighted by atomic mass is 10.2. The Bertz CT molecular complexity index is 1300. The topological polar surface area (TPSA) is 79.7 Å². The average Bonchev–Trinajstić information content (AvgIpc) is 3.13. The maximum atomic E-state index is 13.3.